The summed E-state index contributed by atoms with van der Waals surface area (Å²) in [5.41, 5.74) is 7.61. The lowest BCUT2D eigenvalue weighted by Gasteiger charge is -2.34. The molecule has 1 aromatic heterocycles. The molecule has 0 radical (unpaired) electrons. The number of carbonyl (C=O) groups excluding carboxylic acids is 2. The Bertz CT molecular complexity index is 1840. The Hall–Kier alpha value is -5.27. The van der Waals surface area contributed by atoms with Crippen molar-refractivity contribution in [1.29, 1.82) is 0 Å². The number of benzene rings is 2. The Kier molecular flexibility index (Phi) is 13.7. The van der Waals surface area contributed by atoms with Crippen molar-refractivity contribution in [3.63, 3.8) is 0 Å². The largest absolute Gasteiger partial charge is 0.356 e. The van der Waals surface area contributed by atoms with Gasteiger partial charge in [0.1, 0.15) is 5.82 Å². The molecular formula is C45H53N5O2. The number of hydrogen-bond acceptors (Lipinski definition) is 5. The molecule has 2 amide bonds. The quantitative estimate of drug-likeness (QED) is 0.176. The van der Waals surface area contributed by atoms with E-state index < -0.39 is 0 Å². The van der Waals surface area contributed by atoms with E-state index in [1.807, 2.05) is 111 Å². The van der Waals surface area contributed by atoms with Crippen LogP contribution in [0.2, 0.25) is 0 Å². The number of pyridine rings is 1. The number of nitrogens with zero attached hydrogens (tertiary/aromatic N) is 3. The molecule has 2 aromatic carbocycles. The molecule has 3 aromatic rings. The zero-order valence-corrected chi connectivity index (χ0v) is 31.0. The van der Waals surface area contributed by atoms with E-state index in [2.05, 4.69) is 52.6 Å². The van der Waals surface area contributed by atoms with E-state index in [1.54, 1.807) is 0 Å². The minimum Gasteiger partial charge on any atom is -0.356 e. The van der Waals surface area contributed by atoms with E-state index >= 15 is 0 Å². The first-order valence-electron chi connectivity index (χ1n) is 18.5. The predicted molar refractivity (Wildman–Crippen MR) is 216 cm³/mol. The van der Waals surface area contributed by atoms with Crippen molar-refractivity contribution in [1.82, 2.24) is 20.5 Å². The van der Waals surface area contributed by atoms with Gasteiger partial charge in [0.15, 0.2) is 0 Å². The summed E-state index contributed by atoms with van der Waals surface area (Å²) >= 11 is 0. The van der Waals surface area contributed by atoms with E-state index in [1.165, 1.54) is 5.56 Å². The molecule has 2 fully saturated rings. The zero-order chi connectivity index (χ0) is 36.9. The van der Waals surface area contributed by atoms with Crippen molar-refractivity contribution in [2.24, 2.45) is 0 Å². The lowest BCUT2D eigenvalue weighted by molar-refractivity contribution is 0.0906. The third kappa shape index (κ3) is 10.2. The minimum absolute atomic E-state index is 0.0305. The number of likely N-dealkylation sites (tertiary alicyclic amines) is 1. The van der Waals surface area contributed by atoms with E-state index in [9.17, 15) is 9.59 Å². The van der Waals surface area contributed by atoms with Crippen LogP contribution in [0, 0.1) is 6.92 Å². The fourth-order valence-electron chi connectivity index (χ4n) is 6.85. The maximum Gasteiger partial charge on any atom is 0.251 e. The Labute approximate surface area is 310 Å². The van der Waals surface area contributed by atoms with Gasteiger partial charge in [-0.3, -0.25) is 14.5 Å². The molecule has 2 N–H and O–H groups in total. The van der Waals surface area contributed by atoms with Crippen LogP contribution in [0.15, 0.2) is 123 Å². The number of hydrogen-bond donors (Lipinski definition) is 2. The van der Waals surface area contributed by atoms with E-state index in [0.717, 1.165) is 92.1 Å². The van der Waals surface area contributed by atoms with Crippen molar-refractivity contribution in [3.05, 3.63) is 156 Å². The third-order valence-corrected chi connectivity index (χ3v) is 9.94. The number of carbonyl (C=O) groups is 2. The second-order valence-electron chi connectivity index (χ2n) is 13.6. The topological polar surface area (TPSA) is 77.6 Å². The Morgan fingerprint density at radius 1 is 0.769 bits per heavy atom. The minimum atomic E-state index is -0.0379. The Balaban J connectivity index is 1.06. The van der Waals surface area contributed by atoms with Gasteiger partial charge in [0.05, 0.1) is 0 Å². The monoisotopic (exact) mass is 695 g/mol. The molecule has 0 bridgehead atoms. The van der Waals surface area contributed by atoms with Gasteiger partial charge in [0.2, 0.25) is 0 Å². The molecule has 5 rings (SSSR count). The summed E-state index contributed by atoms with van der Waals surface area (Å²) in [6.45, 7) is 18.3. The molecule has 2 aliphatic heterocycles. The van der Waals surface area contributed by atoms with Crippen LogP contribution in [-0.2, 0) is 6.54 Å². The summed E-state index contributed by atoms with van der Waals surface area (Å²) in [6, 6.07) is 18.2. The SMILES string of the molecule is C=C/C(=C\C=C/C)c1cccc(C(=O)NC2CCN(Cc3ccc(N4CCC(NC(=O)c5ccc(C)c(/C(C=C)=C/C=C\C)c5)CC4)nc3)CC2)c1. The molecule has 52 heavy (non-hydrogen) atoms. The summed E-state index contributed by atoms with van der Waals surface area (Å²) < 4.78 is 0. The van der Waals surface area contributed by atoms with Crippen LogP contribution in [0.1, 0.15) is 82.5 Å². The number of nitrogens with one attached hydrogen (secondary N) is 2. The first kappa shape index (κ1) is 38.0. The molecule has 0 saturated carbocycles. The second-order valence-corrected chi connectivity index (χ2v) is 13.6. The second kappa shape index (κ2) is 18.8. The summed E-state index contributed by atoms with van der Waals surface area (Å²) in [5.74, 6) is 0.908. The van der Waals surface area contributed by atoms with Gasteiger partial charge < -0.3 is 15.5 Å². The molecule has 0 spiro atoms. The summed E-state index contributed by atoms with van der Waals surface area (Å²) in [7, 11) is 0. The first-order valence-corrected chi connectivity index (χ1v) is 18.5. The number of aromatic nitrogens is 1. The van der Waals surface area contributed by atoms with Gasteiger partial charge in [0.25, 0.3) is 11.8 Å². The van der Waals surface area contributed by atoms with Crippen LogP contribution < -0.4 is 15.5 Å². The summed E-state index contributed by atoms with van der Waals surface area (Å²) in [4.78, 5) is 35.9. The van der Waals surface area contributed by atoms with Crippen molar-refractivity contribution in [2.45, 2.75) is 65.1 Å². The van der Waals surface area contributed by atoms with Gasteiger partial charge in [-0.1, -0.05) is 86.0 Å². The van der Waals surface area contributed by atoms with E-state index in [0.29, 0.717) is 11.1 Å². The van der Waals surface area contributed by atoms with Gasteiger partial charge in [-0.25, -0.2) is 4.98 Å². The lowest BCUT2D eigenvalue weighted by atomic mass is 9.97. The highest BCUT2D eigenvalue weighted by molar-refractivity contribution is 5.96. The van der Waals surface area contributed by atoms with Crippen molar-refractivity contribution < 1.29 is 9.59 Å². The van der Waals surface area contributed by atoms with Gasteiger partial charge in [-0.05, 0) is 110 Å². The summed E-state index contributed by atoms with van der Waals surface area (Å²) in [6.07, 6.45) is 21.1. The number of rotatable bonds is 13. The van der Waals surface area contributed by atoms with E-state index in [-0.39, 0.29) is 23.9 Å². The van der Waals surface area contributed by atoms with Crippen molar-refractivity contribution >= 4 is 28.8 Å². The maximum absolute atomic E-state index is 13.2. The summed E-state index contributed by atoms with van der Waals surface area (Å²) in [5, 5.41) is 6.52. The molecule has 2 saturated heterocycles. The maximum atomic E-state index is 13.2. The van der Waals surface area contributed by atoms with Gasteiger partial charge >= 0.3 is 0 Å². The van der Waals surface area contributed by atoms with Gasteiger partial charge in [-0.15, -0.1) is 0 Å². The van der Waals surface area contributed by atoms with Crippen molar-refractivity contribution in [2.75, 3.05) is 31.1 Å². The van der Waals surface area contributed by atoms with Gasteiger partial charge in [0, 0.05) is 62.1 Å². The molecule has 2 aliphatic rings. The van der Waals surface area contributed by atoms with Gasteiger partial charge in [-0.2, -0.15) is 0 Å². The number of allylic oxidation sites excluding steroid dienone is 10. The van der Waals surface area contributed by atoms with Crippen LogP contribution in [0.5, 0.6) is 0 Å². The predicted octanol–water partition coefficient (Wildman–Crippen LogP) is 8.47. The zero-order valence-electron chi connectivity index (χ0n) is 31.0. The molecule has 270 valence electrons. The fourth-order valence-corrected chi connectivity index (χ4v) is 6.85. The Morgan fingerprint density at radius 2 is 1.37 bits per heavy atom. The van der Waals surface area contributed by atoms with Crippen LogP contribution in [-0.4, -0.2) is 60.0 Å². The Morgan fingerprint density at radius 3 is 1.96 bits per heavy atom. The molecule has 0 unspecified atom stereocenters. The van der Waals surface area contributed by atoms with Crippen LogP contribution in [0.4, 0.5) is 5.82 Å². The average Bonchev–Trinajstić information content (AvgIpc) is 3.17. The average molecular weight is 696 g/mol. The van der Waals surface area contributed by atoms with E-state index in [4.69, 9.17) is 4.98 Å². The molecule has 0 aliphatic carbocycles. The number of piperidine rings is 2. The third-order valence-electron chi connectivity index (χ3n) is 9.94. The standard InChI is InChI=1S/C45H53N5O2/c1-6-10-13-35(8-3)37-15-12-16-38(29-37)44(51)47-40-21-25-49(26-22-40)32-34-18-20-43(46-31-34)50-27-23-41(24-28-50)48-45(52)39-19-17-33(5)42(30-39)36(9-4)14-11-7-2/h6-20,29-31,40-41H,3-4,21-28,32H2,1-2,5H3,(H,47,51)(H,48,52)/b10-6-,11-7-,35-13+,36-14+. The highest BCUT2D eigenvalue weighted by atomic mass is 16.2. The lowest BCUT2D eigenvalue weighted by Crippen LogP contribution is -2.45. The van der Waals surface area contributed by atoms with Crippen molar-refractivity contribution in [3.8, 4) is 0 Å². The molecule has 7 heteroatoms. The molecule has 3 heterocycles. The highest BCUT2D eigenvalue weighted by Gasteiger charge is 2.24. The number of anilines is 1. The molecule has 0 atom stereocenters. The van der Waals surface area contributed by atoms with Crippen LogP contribution in [0.25, 0.3) is 11.1 Å². The fraction of sp³-hybridized carbons (Fsp3) is 0.311. The molecular weight excluding hydrogens is 643 g/mol. The highest BCUT2D eigenvalue weighted by Crippen LogP contribution is 2.24. The number of amides is 2. The van der Waals surface area contributed by atoms with Crippen LogP contribution in [0.3, 0.4) is 0 Å². The smallest absolute Gasteiger partial charge is 0.251 e. The molecule has 7 nitrogen and oxygen atoms in total. The number of aryl methyl sites for hydroxylation is 1. The first-order chi connectivity index (χ1) is 25.3. The normalized spacial score (nSPS) is 16.7. The van der Waals surface area contributed by atoms with Crippen LogP contribution >= 0.6 is 0 Å².